The normalized spacial score (nSPS) is 10.3. The van der Waals surface area contributed by atoms with Gasteiger partial charge in [-0.3, -0.25) is 0 Å². The van der Waals surface area contributed by atoms with Crippen molar-refractivity contribution < 1.29 is 4.74 Å². The molecule has 0 fully saturated rings. The molecule has 94 valence electrons. The molecule has 0 amide bonds. The minimum Gasteiger partial charge on any atom is -0.491 e. The summed E-state index contributed by atoms with van der Waals surface area (Å²) in [7, 11) is 0. The van der Waals surface area contributed by atoms with E-state index in [1.54, 1.807) is 0 Å². The molecule has 1 N–H and O–H groups in total. The number of nitrogens with zero attached hydrogens (tertiary/aromatic N) is 1. The summed E-state index contributed by atoms with van der Waals surface area (Å²) < 4.78 is 7.69. The standard InChI is InChI=1S/C15H18N2O/c1-2-3-9-18-15-12-17(11-13(15)10-16)14-7-5-4-6-8-14/h4-8,10-12,16H,2-3,9H2,1H3. The Morgan fingerprint density at radius 2 is 2.00 bits per heavy atom. The van der Waals surface area contributed by atoms with Gasteiger partial charge in [0, 0.05) is 18.1 Å². The van der Waals surface area contributed by atoms with Gasteiger partial charge in [-0.1, -0.05) is 31.5 Å². The van der Waals surface area contributed by atoms with E-state index in [2.05, 4.69) is 6.92 Å². The van der Waals surface area contributed by atoms with Crippen LogP contribution in [0.25, 0.3) is 5.69 Å². The van der Waals surface area contributed by atoms with Crippen molar-refractivity contribution in [2.24, 2.45) is 0 Å². The lowest BCUT2D eigenvalue weighted by Crippen LogP contribution is -1.97. The van der Waals surface area contributed by atoms with Gasteiger partial charge < -0.3 is 14.7 Å². The highest BCUT2D eigenvalue weighted by atomic mass is 16.5. The van der Waals surface area contributed by atoms with Crippen molar-refractivity contribution in [2.75, 3.05) is 6.61 Å². The molecule has 1 aromatic carbocycles. The number of hydrogen-bond acceptors (Lipinski definition) is 2. The highest BCUT2D eigenvalue weighted by Gasteiger charge is 2.06. The van der Waals surface area contributed by atoms with E-state index in [9.17, 15) is 0 Å². The van der Waals surface area contributed by atoms with Crippen molar-refractivity contribution in [2.45, 2.75) is 19.8 Å². The van der Waals surface area contributed by atoms with Crippen LogP contribution in [-0.4, -0.2) is 17.4 Å². The van der Waals surface area contributed by atoms with Crippen LogP contribution in [0.1, 0.15) is 25.3 Å². The van der Waals surface area contributed by atoms with Crippen molar-refractivity contribution >= 4 is 6.21 Å². The lowest BCUT2D eigenvalue weighted by atomic mass is 10.3. The van der Waals surface area contributed by atoms with Gasteiger partial charge in [-0.05, 0) is 18.6 Å². The predicted octanol–water partition coefficient (Wildman–Crippen LogP) is 3.65. The van der Waals surface area contributed by atoms with Gasteiger partial charge in [0.2, 0.25) is 0 Å². The minimum absolute atomic E-state index is 0.705. The van der Waals surface area contributed by atoms with E-state index in [0.717, 1.165) is 29.8 Å². The van der Waals surface area contributed by atoms with E-state index in [1.165, 1.54) is 6.21 Å². The first kappa shape index (κ1) is 12.4. The van der Waals surface area contributed by atoms with Gasteiger partial charge in [0.25, 0.3) is 0 Å². The summed E-state index contributed by atoms with van der Waals surface area (Å²) in [5.74, 6) is 0.780. The van der Waals surface area contributed by atoms with E-state index >= 15 is 0 Å². The molecule has 18 heavy (non-hydrogen) atoms. The Bertz CT molecular complexity index is 502. The number of aromatic nitrogens is 1. The van der Waals surface area contributed by atoms with Gasteiger partial charge in [0.1, 0.15) is 5.75 Å². The fourth-order valence-electron chi connectivity index (χ4n) is 1.76. The van der Waals surface area contributed by atoms with E-state index < -0.39 is 0 Å². The summed E-state index contributed by atoms with van der Waals surface area (Å²) in [6.45, 7) is 2.84. The first-order valence-corrected chi connectivity index (χ1v) is 6.26. The van der Waals surface area contributed by atoms with Crippen LogP contribution >= 0.6 is 0 Å². The van der Waals surface area contributed by atoms with Crippen LogP contribution in [-0.2, 0) is 0 Å². The Morgan fingerprint density at radius 3 is 2.67 bits per heavy atom. The lowest BCUT2D eigenvalue weighted by Gasteiger charge is -2.03. The summed E-state index contributed by atoms with van der Waals surface area (Å²) in [5, 5.41) is 7.42. The Labute approximate surface area is 108 Å². The molecule has 1 heterocycles. The van der Waals surface area contributed by atoms with Gasteiger partial charge in [-0.25, -0.2) is 0 Å². The van der Waals surface area contributed by atoms with Gasteiger partial charge >= 0.3 is 0 Å². The van der Waals surface area contributed by atoms with Crippen LogP contribution < -0.4 is 4.74 Å². The lowest BCUT2D eigenvalue weighted by molar-refractivity contribution is 0.309. The highest BCUT2D eigenvalue weighted by Crippen LogP contribution is 2.21. The molecule has 0 bridgehead atoms. The van der Waals surface area contributed by atoms with Crippen molar-refractivity contribution in [1.82, 2.24) is 4.57 Å². The van der Waals surface area contributed by atoms with Crippen molar-refractivity contribution in [3.8, 4) is 11.4 Å². The molecular weight excluding hydrogens is 224 g/mol. The molecule has 0 atom stereocenters. The van der Waals surface area contributed by atoms with E-state index in [4.69, 9.17) is 10.1 Å². The van der Waals surface area contributed by atoms with Crippen LogP contribution in [0, 0.1) is 5.41 Å². The molecular formula is C15H18N2O. The number of nitrogens with one attached hydrogen (secondary N) is 1. The summed E-state index contributed by atoms with van der Waals surface area (Å²) in [4.78, 5) is 0. The summed E-state index contributed by atoms with van der Waals surface area (Å²) in [5.41, 5.74) is 1.89. The average Bonchev–Trinajstić information content (AvgIpc) is 2.83. The maximum atomic E-state index is 7.42. The number of hydrogen-bond donors (Lipinski definition) is 1. The van der Waals surface area contributed by atoms with E-state index in [-0.39, 0.29) is 0 Å². The van der Waals surface area contributed by atoms with Gasteiger partial charge in [0.15, 0.2) is 0 Å². The van der Waals surface area contributed by atoms with Crippen LogP contribution in [0.2, 0.25) is 0 Å². The van der Waals surface area contributed by atoms with E-state index in [1.807, 2.05) is 47.3 Å². The summed E-state index contributed by atoms with van der Waals surface area (Å²) >= 11 is 0. The zero-order valence-corrected chi connectivity index (χ0v) is 10.6. The monoisotopic (exact) mass is 242 g/mol. The van der Waals surface area contributed by atoms with Crippen molar-refractivity contribution in [3.63, 3.8) is 0 Å². The molecule has 2 aromatic rings. The Balaban J connectivity index is 2.21. The average molecular weight is 242 g/mol. The van der Waals surface area contributed by atoms with Crippen LogP contribution in [0.4, 0.5) is 0 Å². The molecule has 3 nitrogen and oxygen atoms in total. The zero-order chi connectivity index (χ0) is 12.8. The first-order chi connectivity index (χ1) is 8.85. The number of para-hydroxylation sites is 1. The molecule has 0 aliphatic heterocycles. The summed E-state index contributed by atoms with van der Waals surface area (Å²) in [6, 6.07) is 10.0. The second-order valence-electron chi connectivity index (χ2n) is 4.17. The molecule has 0 saturated heterocycles. The second kappa shape index (κ2) is 6.05. The molecule has 0 saturated carbocycles. The Morgan fingerprint density at radius 1 is 1.22 bits per heavy atom. The third-order valence-corrected chi connectivity index (χ3v) is 2.78. The minimum atomic E-state index is 0.705. The molecule has 0 radical (unpaired) electrons. The molecule has 1 aromatic heterocycles. The smallest absolute Gasteiger partial charge is 0.146 e. The summed E-state index contributed by atoms with van der Waals surface area (Å²) in [6.07, 6.45) is 7.34. The van der Waals surface area contributed by atoms with Gasteiger partial charge in [0.05, 0.1) is 18.4 Å². The second-order valence-corrected chi connectivity index (χ2v) is 4.17. The van der Waals surface area contributed by atoms with Crippen LogP contribution in [0.3, 0.4) is 0 Å². The fraction of sp³-hybridized carbons (Fsp3) is 0.267. The zero-order valence-electron chi connectivity index (χ0n) is 10.6. The Kier molecular flexibility index (Phi) is 4.18. The first-order valence-electron chi connectivity index (χ1n) is 6.26. The molecule has 0 unspecified atom stereocenters. The third kappa shape index (κ3) is 2.80. The predicted molar refractivity (Wildman–Crippen MR) is 74.1 cm³/mol. The molecule has 0 aliphatic rings. The fourth-order valence-corrected chi connectivity index (χ4v) is 1.76. The number of unbranched alkanes of at least 4 members (excludes halogenated alkanes) is 1. The molecule has 0 aliphatic carbocycles. The third-order valence-electron chi connectivity index (χ3n) is 2.78. The van der Waals surface area contributed by atoms with Crippen molar-refractivity contribution in [3.05, 3.63) is 48.3 Å². The van der Waals surface area contributed by atoms with Crippen LogP contribution in [0.15, 0.2) is 42.7 Å². The van der Waals surface area contributed by atoms with E-state index in [0.29, 0.717) is 6.61 Å². The maximum absolute atomic E-state index is 7.42. The highest BCUT2D eigenvalue weighted by molar-refractivity contribution is 5.81. The Hall–Kier alpha value is -2.03. The molecule has 0 spiro atoms. The topological polar surface area (TPSA) is 38.0 Å². The largest absolute Gasteiger partial charge is 0.491 e. The number of benzene rings is 1. The van der Waals surface area contributed by atoms with Crippen LogP contribution in [0.5, 0.6) is 5.75 Å². The maximum Gasteiger partial charge on any atom is 0.146 e. The number of ether oxygens (including phenoxy) is 1. The van der Waals surface area contributed by atoms with Gasteiger partial charge in [-0.15, -0.1) is 0 Å². The van der Waals surface area contributed by atoms with Crippen molar-refractivity contribution in [1.29, 1.82) is 5.41 Å². The molecule has 3 heteroatoms. The van der Waals surface area contributed by atoms with Gasteiger partial charge in [-0.2, -0.15) is 0 Å². The number of rotatable bonds is 6. The SMILES string of the molecule is CCCCOc1cn(-c2ccccc2)cc1C=N. The quantitative estimate of drug-likeness (QED) is 0.609. The molecule has 2 rings (SSSR count).